The molecule has 3 heterocycles. The lowest BCUT2D eigenvalue weighted by Gasteiger charge is -2.25. The Morgan fingerprint density at radius 3 is 2.38 bits per heavy atom. The summed E-state index contributed by atoms with van der Waals surface area (Å²) in [6, 6.07) is 29.8. The van der Waals surface area contributed by atoms with Crippen LogP contribution >= 0.6 is 27.3 Å². The number of thiazole rings is 1. The highest BCUT2D eigenvalue weighted by molar-refractivity contribution is 9.10. The number of hydrogen-bond acceptors (Lipinski definition) is 5. The van der Waals surface area contributed by atoms with Gasteiger partial charge in [-0.25, -0.2) is 4.99 Å². The van der Waals surface area contributed by atoms with Crippen LogP contribution in [0, 0.1) is 0 Å². The van der Waals surface area contributed by atoms with Crippen molar-refractivity contribution in [2.24, 2.45) is 4.99 Å². The highest BCUT2D eigenvalue weighted by atomic mass is 79.9. The zero-order valence-electron chi connectivity index (χ0n) is 20.8. The standard InChI is InChI=1S/C31H22BrN3O3S/c1-19-27(29(36)34-23-10-6-3-7-11-23)28(21-8-4-2-5-9-21)35-30(37)26(39-31(35)33-19)18-24-16-17-25(38-24)20-12-14-22(32)15-13-20/h2-18,28H,1H3,(H,34,36)/b26-18+/t28-/m1/s1. The van der Waals surface area contributed by atoms with Crippen LogP contribution in [0.3, 0.4) is 0 Å². The first-order valence-corrected chi connectivity index (χ1v) is 13.9. The van der Waals surface area contributed by atoms with Crippen molar-refractivity contribution in [1.29, 1.82) is 0 Å². The summed E-state index contributed by atoms with van der Waals surface area (Å²) >= 11 is 4.73. The van der Waals surface area contributed by atoms with Gasteiger partial charge in [0, 0.05) is 21.8 Å². The van der Waals surface area contributed by atoms with Gasteiger partial charge in [-0.3, -0.25) is 14.2 Å². The Morgan fingerprint density at radius 1 is 0.974 bits per heavy atom. The molecule has 0 radical (unpaired) electrons. The van der Waals surface area contributed by atoms with Crippen molar-refractivity contribution in [3.63, 3.8) is 0 Å². The molecule has 1 aliphatic rings. The van der Waals surface area contributed by atoms with Crippen LogP contribution in [0.25, 0.3) is 17.4 Å². The number of para-hydroxylation sites is 1. The molecule has 2 aromatic heterocycles. The molecule has 1 amide bonds. The van der Waals surface area contributed by atoms with E-state index in [1.165, 1.54) is 11.3 Å². The summed E-state index contributed by atoms with van der Waals surface area (Å²) in [4.78, 5) is 32.6. The third-order valence-corrected chi connectivity index (χ3v) is 7.95. The van der Waals surface area contributed by atoms with Crippen molar-refractivity contribution < 1.29 is 9.21 Å². The molecule has 192 valence electrons. The maximum Gasteiger partial charge on any atom is 0.271 e. The Labute approximate surface area is 236 Å². The van der Waals surface area contributed by atoms with Crippen molar-refractivity contribution in [2.75, 3.05) is 5.32 Å². The predicted octanol–water partition coefficient (Wildman–Crippen LogP) is 5.90. The van der Waals surface area contributed by atoms with Gasteiger partial charge in [0.1, 0.15) is 11.5 Å². The number of hydrogen-bond donors (Lipinski definition) is 1. The van der Waals surface area contributed by atoms with E-state index in [1.54, 1.807) is 10.6 Å². The third-order valence-electron chi connectivity index (χ3n) is 6.44. The Bertz CT molecular complexity index is 1890. The van der Waals surface area contributed by atoms with E-state index in [-0.39, 0.29) is 11.5 Å². The molecule has 0 bridgehead atoms. The number of halogens is 1. The first-order valence-electron chi connectivity index (χ1n) is 12.3. The van der Waals surface area contributed by atoms with E-state index in [1.807, 2.05) is 104 Å². The lowest BCUT2D eigenvalue weighted by Crippen LogP contribution is -2.40. The molecule has 0 saturated heterocycles. The van der Waals surface area contributed by atoms with E-state index in [4.69, 9.17) is 9.41 Å². The molecule has 0 spiro atoms. The molecule has 39 heavy (non-hydrogen) atoms. The van der Waals surface area contributed by atoms with E-state index >= 15 is 0 Å². The number of rotatable bonds is 5. The number of carbonyl (C=O) groups is 1. The summed E-state index contributed by atoms with van der Waals surface area (Å²) in [6.45, 7) is 1.81. The average molecular weight is 597 g/mol. The van der Waals surface area contributed by atoms with Crippen LogP contribution in [0.15, 0.2) is 127 Å². The summed E-state index contributed by atoms with van der Waals surface area (Å²) in [7, 11) is 0. The molecule has 1 N–H and O–H groups in total. The molecule has 0 aliphatic carbocycles. The third kappa shape index (κ3) is 4.96. The monoisotopic (exact) mass is 595 g/mol. The van der Waals surface area contributed by atoms with Crippen molar-refractivity contribution in [3.8, 4) is 11.3 Å². The number of allylic oxidation sites excluding steroid dienone is 1. The van der Waals surface area contributed by atoms with Gasteiger partial charge in [-0.1, -0.05) is 87.9 Å². The summed E-state index contributed by atoms with van der Waals surface area (Å²) < 4.78 is 9.11. The highest BCUT2D eigenvalue weighted by Crippen LogP contribution is 2.31. The molecule has 1 atom stereocenters. The van der Waals surface area contributed by atoms with Gasteiger partial charge in [0.25, 0.3) is 11.5 Å². The van der Waals surface area contributed by atoms with Crippen LogP contribution in [-0.4, -0.2) is 10.5 Å². The van der Waals surface area contributed by atoms with Gasteiger partial charge in [-0.05, 0) is 48.9 Å². The molecule has 5 aromatic rings. The number of nitrogens with zero attached hydrogens (tertiary/aromatic N) is 2. The smallest absolute Gasteiger partial charge is 0.271 e. The van der Waals surface area contributed by atoms with Gasteiger partial charge in [-0.15, -0.1) is 0 Å². The normalized spacial score (nSPS) is 15.1. The van der Waals surface area contributed by atoms with E-state index in [0.29, 0.717) is 37.8 Å². The van der Waals surface area contributed by atoms with Crippen LogP contribution in [0.1, 0.15) is 24.3 Å². The minimum atomic E-state index is -0.622. The van der Waals surface area contributed by atoms with Crippen LogP contribution in [0.5, 0.6) is 0 Å². The molecule has 1 aliphatic heterocycles. The van der Waals surface area contributed by atoms with Crippen LogP contribution in [-0.2, 0) is 4.79 Å². The molecule has 6 rings (SSSR count). The van der Waals surface area contributed by atoms with Crippen molar-refractivity contribution in [1.82, 2.24) is 4.57 Å². The first kappa shape index (κ1) is 25.0. The quantitative estimate of drug-likeness (QED) is 0.275. The molecular formula is C31H22BrN3O3S. The molecular weight excluding hydrogens is 574 g/mol. The maximum atomic E-state index is 13.8. The lowest BCUT2D eigenvalue weighted by molar-refractivity contribution is -0.113. The fourth-order valence-corrected chi connectivity index (χ4v) is 5.90. The van der Waals surface area contributed by atoms with E-state index in [9.17, 15) is 9.59 Å². The van der Waals surface area contributed by atoms with Crippen LogP contribution in [0.4, 0.5) is 5.69 Å². The summed E-state index contributed by atoms with van der Waals surface area (Å²) in [5.41, 5.74) is 3.21. The van der Waals surface area contributed by atoms with Gasteiger partial charge >= 0.3 is 0 Å². The molecule has 3 aromatic carbocycles. The lowest BCUT2D eigenvalue weighted by atomic mass is 9.95. The molecule has 0 unspecified atom stereocenters. The SMILES string of the molecule is CC1=C(C(=O)Nc2ccccc2)[C@@H](c2ccccc2)n2c(s/c(=C/c3ccc(-c4ccc(Br)cc4)o3)c2=O)=N1. The van der Waals surface area contributed by atoms with Gasteiger partial charge in [0.05, 0.1) is 21.8 Å². The van der Waals surface area contributed by atoms with E-state index in [2.05, 4.69) is 21.2 Å². The zero-order valence-corrected chi connectivity index (χ0v) is 23.2. The number of benzene rings is 3. The van der Waals surface area contributed by atoms with Crippen LogP contribution < -0.4 is 20.2 Å². The van der Waals surface area contributed by atoms with E-state index in [0.717, 1.165) is 15.6 Å². The number of carbonyl (C=O) groups excluding carboxylic acids is 1. The zero-order chi connectivity index (χ0) is 26.9. The number of anilines is 1. The summed E-state index contributed by atoms with van der Waals surface area (Å²) in [5, 5.41) is 2.97. The Morgan fingerprint density at radius 2 is 1.67 bits per heavy atom. The summed E-state index contributed by atoms with van der Waals surface area (Å²) in [6.07, 6.45) is 1.73. The molecule has 6 nitrogen and oxygen atoms in total. The fraction of sp³-hybridized carbons (Fsp3) is 0.0645. The summed E-state index contributed by atoms with van der Waals surface area (Å²) in [5.74, 6) is 0.974. The number of furan rings is 1. The number of fused-ring (bicyclic) bond motifs is 1. The van der Waals surface area contributed by atoms with Crippen molar-refractivity contribution >= 4 is 44.9 Å². The van der Waals surface area contributed by atoms with Gasteiger partial charge < -0.3 is 9.73 Å². The Kier molecular flexibility index (Phi) is 6.72. The average Bonchev–Trinajstić information content (AvgIpc) is 3.53. The van der Waals surface area contributed by atoms with Crippen molar-refractivity contribution in [2.45, 2.75) is 13.0 Å². The topological polar surface area (TPSA) is 76.6 Å². The van der Waals surface area contributed by atoms with E-state index < -0.39 is 6.04 Å². The second-order valence-electron chi connectivity index (χ2n) is 9.02. The molecule has 0 fully saturated rings. The number of nitrogens with one attached hydrogen (secondary N) is 1. The molecule has 0 saturated carbocycles. The second kappa shape index (κ2) is 10.5. The van der Waals surface area contributed by atoms with Gasteiger partial charge in [0.2, 0.25) is 0 Å². The fourth-order valence-electron chi connectivity index (χ4n) is 4.61. The highest BCUT2D eigenvalue weighted by Gasteiger charge is 2.32. The number of amides is 1. The van der Waals surface area contributed by atoms with Crippen molar-refractivity contribution in [3.05, 3.63) is 144 Å². The number of aromatic nitrogens is 1. The van der Waals surface area contributed by atoms with Gasteiger partial charge in [0.15, 0.2) is 4.80 Å². The maximum absolute atomic E-state index is 13.8. The Balaban J connectivity index is 1.44. The largest absolute Gasteiger partial charge is 0.457 e. The minimum Gasteiger partial charge on any atom is -0.457 e. The molecule has 8 heteroatoms. The van der Waals surface area contributed by atoms with Gasteiger partial charge in [-0.2, -0.15) is 0 Å². The Hall–Kier alpha value is -4.27. The first-order chi connectivity index (χ1) is 19.0. The predicted molar refractivity (Wildman–Crippen MR) is 157 cm³/mol. The van der Waals surface area contributed by atoms with Crippen LogP contribution in [0.2, 0.25) is 0 Å². The minimum absolute atomic E-state index is 0.230. The second-order valence-corrected chi connectivity index (χ2v) is 10.9.